The van der Waals surface area contributed by atoms with Crippen LogP contribution in [-0.2, 0) is 6.18 Å². The Morgan fingerprint density at radius 1 is 0.537 bits per heavy atom. The van der Waals surface area contributed by atoms with Crippen molar-refractivity contribution >= 4 is 22.7 Å². The van der Waals surface area contributed by atoms with Gasteiger partial charge in [0.05, 0.1) is 5.56 Å². The van der Waals surface area contributed by atoms with Crippen LogP contribution in [-0.4, -0.2) is 5.11 Å². The van der Waals surface area contributed by atoms with Gasteiger partial charge in [-0.25, -0.2) is 8.78 Å². The van der Waals surface area contributed by atoms with Gasteiger partial charge in [-0.1, -0.05) is 30.3 Å². The van der Waals surface area contributed by atoms with Gasteiger partial charge in [0.1, 0.15) is 17.4 Å². The van der Waals surface area contributed by atoms with Gasteiger partial charge >= 0.3 is 6.18 Å². The zero-order valence-electron chi connectivity index (χ0n) is 21.2. The molecule has 0 radical (unpaired) electrons. The minimum absolute atomic E-state index is 0.0237. The zero-order chi connectivity index (χ0) is 29.6. The molecular weight excluding hydrogens is 539 g/mol. The molecule has 5 aromatic rings. The molecule has 0 unspecified atom stereocenters. The van der Waals surface area contributed by atoms with Crippen LogP contribution in [0.25, 0.3) is 44.5 Å². The molecule has 5 aromatic carbocycles. The van der Waals surface area contributed by atoms with Crippen LogP contribution < -0.4 is 22.9 Å². The number of phenols is 1. The lowest BCUT2D eigenvalue weighted by Crippen LogP contribution is -2.09. The molecular formula is C31H23F5N4O. The summed E-state index contributed by atoms with van der Waals surface area (Å²) in [5, 5.41) is 10.1. The Kier molecular flexibility index (Phi) is 6.70. The molecule has 0 saturated carbocycles. The van der Waals surface area contributed by atoms with Crippen LogP contribution in [0.4, 0.5) is 44.7 Å². The van der Waals surface area contributed by atoms with Crippen molar-refractivity contribution in [1.29, 1.82) is 0 Å². The third-order valence-electron chi connectivity index (χ3n) is 6.75. The normalized spacial score (nSPS) is 11.5. The first-order valence-corrected chi connectivity index (χ1v) is 12.2. The van der Waals surface area contributed by atoms with Gasteiger partial charge in [0.15, 0.2) is 0 Å². The van der Waals surface area contributed by atoms with E-state index in [4.69, 9.17) is 22.9 Å². The summed E-state index contributed by atoms with van der Waals surface area (Å²) in [6.45, 7) is 0. The van der Waals surface area contributed by atoms with Gasteiger partial charge in [0.25, 0.3) is 0 Å². The monoisotopic (exact) mass is 562 g/mol. The van der Waals surface area contributed by atoms with Crippen LogP contribution in [0.15, 0.2) is 84.9 Å². The summed E-state index contributed by atoms with van der Waals surface area (Å²) < 4.78 is 71.7. The minimum Gasteiger partial charge on any atom is -0.507 e. The van der Waals surface area contributed by atoms with Gasteiger partial charge in [-0.3, -0.25) is 0 Å². The lowest BCUT2D eigenvalue weighted by Gasteiger charge is -2.18. The molecule has 0 bridgehead atoms. The summed E-state index contributed by atoms with van der Waals surface area (Å²) in [6, 6.07) is 19.0. The van der Waals surface area contributed by atoms with E-state index in [0.717, 1.165) is 36.4 Å². The largest absolute Gasteiger partial charge is 0.507 e. The highest BCUT2D eigenvalue weighted by Crippen LogP contribution is 2.44. The topological polar surface area (TPSA) is 124 Å². The van der Waals surface area contributed by atoms with Gasteiger partial charge in [-0.05, 0) is 71.3 Å². The fraction of sp³-hybridized carbons (Fsp3) is 0.0323. The standard InChI is InChI=1S/C31H23F5N4O/c32-24-13-21(20-12-17(37)6-8-23(20)31(34,35)36)27(39)14-22(24)30-25(33)9-16(11-28(30)40)18-7-5-15(10-26(18)38)19-3-1-2-4-29(19)41/h1-14,41H,37-40H2. The highest BCUT2D eigenvalue weighted by molar-refractivity contribution is 5.90. The third kappa shape index (κ3) is 5.07. The molecule has 9 N–H and O–H groups in total. The second-order valence-corrected chi connectivity index (χ2v) is 9.46. The molecule has 0 fully saturated rings. The molecule has 0 amide bonds. The van der Waals surface area contributed by atoms with E-state index in [2.05, 4.69) is 0 Å². The molecule has 5 nitrogen and oxygen atoms in total. The SMILES string of the molecule is Nc1ccc(C(F)(F)F)c(-c2cc(F)c(-c3c(N)cc(-c4ccc(-c5ccccc5O)cc4N)cc3F)cc2N)c1. The quantitative estimate of drug-likeness (QED) is 0.113. The Balaban J connectivity index is 1.56. The maximum absolute atomic E-state index is 15.5. The van der Waals surface area contributed by atoms with Crippen molar-refractivity contribution in [2.45, 2.75) is 6.18 Å². The fourth-order valence-electron chi connectivity index (χ4n) is 4.83. The molecule has 5 rings (SSSR count). The molecule has 0 saturated heterocycles. The maximum Gasteiger partial charge on any atom is 0.417 e. The van der Waals surface area contributed by atoms with Crippen LogP contribution in [0.3, 0.4) is 0 Å². The predicted octanol–water partition coefficient (Wildman–Crippen LogP) is 7.69. The van der Waals surface area contributed by atoms with Crippen molar-refractivity contribution in [3.63, 3.8) is 0 Å². The van der Waals surface area contributed by atoms with Gasteiger partial charge in [-0.15, -0.1) is 0 Å². The third-order valence-corrected chi connectivity index (χ3v) is 6.75. The van der Waals surface area contributed by atoms with Crippen LogP contribution in [0.1, 0.15) is 5.56 Å². The van der Waals surface area contributed by atoms with Crippen molar-refractivity contribution < 1.29 is 27.1 Å². The van der Waals surface area contributed by atoms with Crippen molar-refractivity contribution in [3.05, 3.63) is 102 Å². The first-order chi connectivity index (χ1) is 19.3. The van der Waals surface area contributed by atoms with Crippen molar-refractivity contribution in [3.8, 4) is 50.3 Å². The molecule has 0 aliphatic heterocycles. The zero-order valence-corrected chi connectivity index (χ0v) is 21.2. The van der Waals surface area contributed by atoms with E-state index >= 15 is 8.78 Å². The Morgan fingerprint density at radius 2 is 1.22 bits per heavy atom. The molecule has 208 valence electrons. The lowest BCUT2D eigenvalue weighted by molar-refractivity contribution is -0.137. The fourth-order valence-corrected chi connectivity index (χ4v) is 4.83. The summed E-state index contributed by atoms with van der Waals surface area (Å²) in [4.78, 5) is 0. The molecule has 0 aromatic heterocycles. The van der Waals surface area contributed by atoms with E-state index in [1.54, 1.807) is 36.4 Å². The van der Waals surface area contributed by atoms with Gasteiger partial charge in [0, 0.05) is 50.6 Å². The number of nitrogens with two attached hydrogens (primary N) is 4. The number of nitrogen functional groups attached to an aromatic ring is 4. The van der Waals surface area contributed by atoms with E-state index < -0.39 is 28.9 Å². The molecule has 0 aliphatic rings. The molecule has 0 spiro atoms. The molecule has 0 heterocycles. The number of para-hydroxylation sites is 1. The van der Waals surface area contributed by atoms with Gasteiger partial charge in [-0.2, -0.15) is 13.2 Å². The van der Waals surface area contributed by atoms with Crippen molar-refractivity contribution in [2.24, 2.45) is 0 Å². The van der Waals surface area contributed by atoms with E-state index in [1.165, 1.54) is 12.1 Å². The van der Waals surface area contributed by atoms with Crippen molar-refractivity contribution in [1.82, 2.24) is 0 Å². The predicted molar refractivity (Wildman–Crippen MR) is 152 cm³/mol. The number of anilines is 4. The van der Waals surface area contributed by atoms with Crippen LogP contribution in [0.5, 0.6) is 5.75 Å². The van der Waals surface area contributed by atoms with E-state index in [1.807, 2.05) is 0 Å². The Morgan fingerprint density at radius 3 is 1.88 bits per heavy atom. The minimum atomic E-state index is -4.75. The van der Waals surface area contributed by atoms with E-state index in [9.17, 15) is 18.3 Å². The summed E-state index contributed by atoms with van der Waals surface area (Å²) in [6.07, 6.45) is -4.75. The number of halogens is 5. The molecule has 0 aliphatic carbocycles. The van der Waals surface area contributed by atoms with E-state index in [0.29, 0.717) is 22.3 Å². The van der Waals surface area contributed by atoms with E-state index in [-0.39, 0.29) is 45.2 Å². The Bertz CT molecular complexity index is 1800. The number of aromatic hydroxyl groups is 1. The summed E-state index contributed by atoms with van der Waals surface area (Å²) in [5.74, 6) is -1.86. The number of alkyl halides is 3. The first-order valence-electron chi connectivity index (χ1n) is 12.2. The highest BCUT2D eigenvalue weighted by Gasteiger charge is 2.34. The maximum atomic E-state index is 15.5. The highest BCUT2D eigenvalue weighted by atomic mass is 19.4. The van der Waals surface area contributed by atoms with Gasteiger partial charge < -0.3 is 28.0 Å². The number of hydrogen-bond donors (Lipinski definition) is 5. The molecule has 10 heteroatoms. The second-order valence-electron chi connectivity index (χ2n) is 9.46. The average Bonchev–Trinajstić information content (AvgIpc) is 2.89. The Labute approximate surface area is 231 Å². The average molecular weight is 563 g/mol. The van der Waals surface area contributed by atoms with Crippen molar-refractivity contribution in [2.75, 3.05) is 22.9 Å². The summed E-state index contributed by atoms with van der Waals surface area (Å²) in [7, 11) is 0. The van der Waals surface area contributed by atoms with Gasteiger partial charge in [0.2, 0.25) is 0 Å². The number of phenolic OH excluding ortho intramolecular Hbond substituents is 1. The molecule has 0 atom stereocenters. The second kappa shape index (κ2) is 10.1. The summed E-state index contributed by atoms with van der Waals surface area (Å²) in [5.41, 5.74) is 23.7. The number of benzene rings is 5. The first kappa shape index (κ1) is 27.3. The Hall–Kier alpha value is -5.25. The van der Waals surface area contributed by atoms with Crippen LogP contribution in [0.2, 0.25) is 0 Å². The van der Waals surface area contributed by atoms with Crippen LogP contribution >= 0.6 is 0 Å². The molecule has 41 heavy (non-hydrogen) atoms. The number of rotatable bonds is 4. The lowest BCUT2D eigenvalue weighted by atomic mass is 9.92. The van der Waals surface area contributed by atoms with Crippen LogP contribution in [0, 0.1) is 11.6 Å². The summed E-state index contributed by atoms with van der Waals surface area (Å²) >= 11 is 0. The number of hydrogen-bond acceptors (Lipinski definition) is 5. The smallest absolute Gasteiger partial charge is 0.417 e.